The maximum absolute atomic E-state index is 5.38. The number of hydrogen-bond donors (Lipinski definition) is 2. The fourth-order valence-electron chi connectivity index (χ4n) is 2.98. The van der Waals surface area contributed by atoms with Gasteiger partial charge in [-0.2, -0.15) is 4.98 Å². The highest BCUT2D eigenvalue weighted by Crippen LogP contribution is 2.20. The zero-order valence-corrected chi connectivity index (χ0v) is 18.4. The van der Waals surface area contributed by atoms with Crippen molar-refractivity contribution in [2.24, 2.45) is 4.99 Å². The third kappa shape index (κ3) is 6.88. The predicted molar refractivity (Wildman–Crippen MR) is 121 cm³/mol. The Morgan fingerprint density at radius 1 is 1.07 bits per heavy atom. The van der Waals surface area contributed by atoms with Gasteiger partial charge < -0.3 is 19.9 Å². The number of nitrogens with one attached hydrogen (secondary N) is 2. The molecule has 0 saturated carbocycles. The van der Waals surface area contributed by atoms with Gasteiger partial charge in [-0.15, -0.1) is 11.3 Å². The maximum atomic E-state index is 5.38. The Bertz CT molecular complexity index is 891. The van der Waals surface area contributed by atoms with Crippen molar-refractivity contribution in [3.8, 4) is 17.1 Å². The van der Waals surface area contributed by atoms with Crippen LogP contribution in [0.5, 0.6) is 5.75 Å². The zero-order valence-electron chi connectivity index (χ0n) is 17.6. The number of unbranched alkanes of at least 4 members (excludes halogenated alkanes) is 2. The third-order valence-corrected chi connectivity index (χ3v) is 5.58. The average Bonchev–Trinajstić information content (AvgIpc) is 3.47. The summed E-state index contributed by atoms with van der Waals surface area (Å²) in [5, 5.41) is 12.9. The Kier molecular flexibility index (Phi) is 8.71. The SMILES string of the molecule is CN=C(NCCCCCc1nc(-c2ccc(OC)cc2)no1)NCCc1cccs1. The molecule has 0 unspecified atom stereocenters. The van der Waals surface area contributed by atoms with E-state index in [2.05, 4.69) is 43.3 Å². The highest BCUT2D eigenvalue weighted by atomic mass is 32.1. The summed E-state index contributed by atoms with van der Waals surface area (Å²) in [6, 6.07) is 11.9. The van der Waals surface area contributed by atoms with Crippen molar-refractivity contribution in [2.75, 3.05) is 27.2 Å². The van der Waals surface area contributed by atoms with E-state index in [1.54, 1.807) is 25.5 Å². The Hall–Kier alpha value is -2.87. The van der Waals surface area contributed by atoms with Crippen molar-refractivity contribution in [3.63, 3.8) is 0 Å². The van der Waals surface area contributed by atoms with Crippen LogP contribution in [0, 0.1) is 0 Å². The van der Waals surface area contributed by atoms with E-state index in [0.717, 1.165) is 62.5 Å². The van der Waals surface area contributed by atoms with Crippen LogP contribution < -0.4 is 15.4 Å². The molecule has 0 aliphatic carbocycles. The average molecular weight is 428 g/mol. The fourth-order valence-corrected chi connectivity index (χ4v) is 3.69. The van der Waals surface area contributed by atoms with Crippen molar-refractivity contribution >= 4 is 17.3 Å². The first-order valence-corrected chi connectivity index (χ1v) is 11.1. The van der Waals surface area contributed by atoms with Crippen LogP contribution in [0.3, 0.4) is 0 Å². The van der Waals surface area contributed by atoms with Gasteiger partial charge in [-0.3, -0.25) is 4.99 Å². The second-order valence-corrected chi connectivity index (χ2v) is 7.84. The lowest BCUT2D eigenvalue weighted by Gasteiger charge is -2.11. The van der Waals surface area contributed by atoms with Gasteiger partial charge in [0.1, 0.15) is 5.75 Å². The number of ether oxygens (including phenoxy) is 1. The lowest BCUT2D eigenvalue weighted by Crippen LogP contribution is -2.38. The van der Waals surface area contributed by atoms with Crippen molar-refractivity contribution in [3.05, 3.63) is 52.5 Å². The van der Waals surface area contributed by atoms with E-state index in [-0.39, 0.29) is 0 Å². The van der Waals surface area contributed by atoms with E-state index >= 15 is 0 Å². The van der Waals surface area contributed by atoms with E-state index in [9.17, 15) is 0 Å². The molecule has 7 nitrogen and oxygen atoms in total. The number of nitrogens with zero attached hydrogens (tertiary/aromatic N) is 3. The van der Waals surface area contributed by atoms with Gasteiger partial charge in [0, 0.05) is 37.0 Å². The smallest absolute Gasteiger partial charge is 0.226 e. The number of aromatic nitrogens is 2. The van der Waals surface area contributed by atoms with Crippen LogP contribution in [0.1, 0.15) is 30.0 Å². The molecule has 0 aliphatic heterocycles. The molecule has 2 aromatic heterocycles. The second kappa shape index (κ2) is 12.0. The molecule has 2 heterocycles. The summed E-state index contributed by atoms with van der Waals surface area (Å²) in [6.45, 7) is 1.77. The van der Waals surface area contributed by atoms with Crippen LogP contribution in [0.15, 0.2) is 51.3 Å². The molecule has 0 saturated heterocycles. The number of guanidine groups is 1. The van der Waals surface area contributed by atoms with Gasteiger partial charge >= 0.3 is 0 Å². The lowest BCUT2D eigenvalue weighted by molar-refractivity contribution is 0.374. The standard InChI is InChI=1S/C22H29N5O2S/c1-23-22(25-15-13-19-7-6-16-30-19)24-14-5-3-4-8-20-26-21(27-29-20)17-9-11-18(28-2)12-10-17/h6-7,9-12,16H,3-5,8,13-15H2,1-2H3,(H2,23,24,25). The largest absolute Gasteiger partial charge is 0.497 e. The summed E-state index contributed by atoms with van der Waals surface area (Å²) in [7, 11) is 3.45. The number of methoxy groups -OCH3 is 1. The van der Waals surface area contributed by atoms with Crippen LogP contribution >= 0.6 is 11.3 Å². The first-order valence-electron chi connectivity index (χ1n) is 10.2. The normalized spacial score (nSPS) is 11.5. The van der Waals surface area contributed by atoms with Crippen LogP contribution in [0.4, 0.5) is 0 Å². The van der Waals surface area contributed by atoms with Crippen molar-refractivity contribution in [1.82, 2.24) is 20.8 Å². The van der Waals surface area contributed by atoms with Crippen molar-refractivity contribution < 1.29 is 9.26 Å². The van der Waals surface area contributed by atoms with Gasteiger partial charge in [0.15, 0.2) is 5.96 Å². The topological polar surface area (TPSA) is 84.6 Å². The highest BCUT2D eigenvalue weighted by molar-refractivity contribution is 7.09. The molecular formula is C22H29N5O2S. The first-order chi connectivity index (χ1) is 14.8. The molecule has 0 spiro atoms. The van der Waals surface area contributed by atoms with Gasteiger partial charge in [-0.05, 0) is 55.0 Å². The van der Waals surface area contributed by atoms with Crippen LogP contribution in [-0.4, -0.2) is 43.3 Å². The Morgan fingerprint density at radius 3 is 2.63 bits per heavy atom. The van der Waals surface area contributed by atoms with Gasteiger partial charge in [0.05, 0.1) is 7.11 Å². The molecule has 0 atom stereocenters. The van der Waals surface area contributed by atoms with Crippen molar-refractivity contribution in [1.29, 1.82) is 0 Å². The molecule has 30 heavy (non-hydrogen) atoms. The number of rotatable bonds is 11. The molecule has 0 amide bonds. The first kappa shape index (κ1) is 21.8. The molecule has 0 radical (unpaired) electrons. The number of aliphatic imine (C=N–C) groups is 1. The monoisotopic (exact) mass is 427 g/mol. The van der Waals surface area contributed by atoms with Crippen LogP contribution in [0.25, 0.3) is 11.4 Å². The van der Waals surface area contributed by atoms with Crippen LogP contribution in [-0.2, 0) is 12.8 Å². The van der Waals surface area contributed by atoms with E-state index in [1.165, 1.54) is 4.88 Å². The van der Waals surface area contributed by atoms with E-state index in [4.69, 9.17) is 9.26 Å². The summed E-state index contributed by atoms with van der Waals surface area (Å²) >= 11 is 1.79. The third-order valence-electron chi connectivity index (χ3n) is 4.64. The molecule has 8 heteroatoms. The van der Waals surface area contributed by atoms with Gasteiger partial charge in [-0.25, -0.2) is 0 Å². The lowest BCUT2D eigenvalue weighted by atomic mass is 10.2. The summed E-state index contributed by atoms with van der Waals surface area (Å²) in [6.07, 6.45) is 4.96. The zero-order chi connectivity index (χ0) is 21.0. The van der Waals surface area contributed by atoms with Gasteiger partial charge in [-0.1, -0.05) is 17.6 Å². The number of thiophene rings is 1. The molecule has 2 N–H and O–H groups in total. The second-order valence-electron chi connectivity index (χ2n) is 6.81. The van der Waals surface area contributed by atoms with E-state index in [1.807, 2.05) is 24.3 Å². The molecule has 0 bridgehead atoms. The van der Waals surface area contributed by atoms with Gasteiger partial charge in [0.2, 0.25) is 11.7 Å². The van der Waals surface area contributed by atoms with Crippen LogP contribution in [0.2, 0.25) is 0 Å². The fraction of sp³-hybridized carbons (Fsp3) is 0.409. The molecule has 3 rings (SSSR count). The summed E-state index contributed by atoms with van der Waals surface area (Å²) < 4.78 is 10.5. The highest BCUT2D eigenvalue weighted by Gasteiger charge is 2.08. The molecule has 0 fully saturated rings. The minimum atomic E-state index is 0.617. The molecular weight excluding hydrogens is 398 g/mol. The van der Waals surface area contributed by atoms with E-state index in [0.29, 0.717) is 11.7 Å². The maximum Gasteiger partial charge on any atom is 0.226 e. The minimum Gasteiger partial charge on any atom is -0.497 e. The number of benzene rings is 1. The molecule has 160 valence electrons. The minimum absolute atomic E-state index is 0.617. The number of hydrogen-bond acceptors (Lipinski definition) is 6. The Labute approximate surface area is 181 Å². The predicted octanol–water partition coefficient (Wildman–Crippen LogP) is 3.93. The Balaban J connectivity index is 1.29. The van der Waals surface area contributed by atoms with Crippen molar-refractivity contribution in [2.45, 2.75) is 32.1 Å². The summed E-state index contributed by atoms with van der Waals surface area (Å²) in [5.74, 6) is 2.96. The molecule has 0 aliphatic rings. The quantitative estimate of drug-likeness (QED) is 0.274. The summed E-state index contributed by atoms with van der Waals surface area (Å²) in [4.78, 5) is 10.1. The molecule has 1 aromatic carbocycles. The molecule has 3 aromatic rings. The van der Waals surface area contributed by atoms with E-state index < -0.39 is 0 Å². The Morgan fingerprint density at radius 2 is 1.90 bits per heavy atom. The van der Waals surface area contributed by atoms with Gasteiger partial charge in [0.25, 0.3) is 0 Å². The number of aryl methyl sites for hydroxylation is 1. The summed E-state index contributed by atoms with van der Waals surface area (Å²) in [5.41, 5.74) is 0.924.